The van der Waals surface area contributed by atoms with E-state index in [9.17, 15) is 4.79 Å². The summed E-state index contributed by atoms with van der Waals surface area (Å²) in [6, 6.07) is 3.59. The summed E-state index contributed by atoms with van der Waals surface area (Å²) in [6.07, 6.45) is 3.20. The molecule has 3 nitrogen and oxygen atoms in total. The molecule has 4 heteroatoms. The van der Waals surface area contributed by atoms with Crippen molar-refractivity contribution in [2.45, 2.75) is 13.8 Å². The normalized spacial score (nSPS) is 10.9. The fourth-order valence-electron chi connectivity index (χ4n) is 1.21. The molecular formula is C11H14BrNO2. The van der Waals surface area contributed by atoms with Gasteiger partial charge in [-0.3, -0.25) is 4.79 Å². The highest BCUT2D eigenvalue weighted by atomic mass is 79.9. The SMILES string of the molecule is CCN(CC)C(=O)C=Cc1ccc(Br)o1. The molecule has 0 saturated carbocycles. The van der Waals surface area contributed by atoms with E-state index < -0.39 is 0 Å². The maximum absolute atomic E-state index is 11.6. The number of furan rings is 1. The Hall–Kier alpha value is -1.03. The Bertz CT molecular complexity index is 353. The first-order valence-electron chi connectivity index (χ1n) is 4.89. The van der Waals surface area contributed by atoms with Crippen molar-refractivity contribution in [1.82, 2.24) is 4.90 Å². The summed E-state index contributed by atoms with van der Waals surface area (Å²) < 4.78 is 5.90. The molecule has 0 atom stereocenters. The van der Waals surface area contributed by atoms with Crippen molar-refractivity contribution in [2.75, 3.05) is 13.1 Å². The number of carbonyl (C=O) groups excluding carboxylic acids is 1. The summed E-state index contributed by atoms with van der Waals surface area (Å²) in [5, 5.41) is 0. The molecule has 0 fully saturated rings. The molecule has 1 aromatic rings. The third kappa shape index (κ3) is 3.55. The quantitative estimate of drug-likeness (QED) is 0.789. The highest BCUT2D eigenvalue weighted by Crippen LogP contribution is 2.15. The third-order valence-electron chi connectivity index (χ3n) is 2.06. The van der Waals surface area contributed by atoms with Gasteiger partial charge in [-0.05, 0) is 48.0 Å². The molecule has 0 saturated heterocycles. The predicted molar refractivity (Wildman–Crippen MR) is 63.4 cm³/mol. The van der Waals surface area contributed by atoms with Gasteiger partial charge in [0.25, 0.3) is 0 Å². The van der Waals surface area contributed by atoms with Crippen LogP contribution in [0.1, 0.15) is 19.6 Å². The molecule has 0 spiro atoms. The Morgan fingerprint density at radius 1 is 1.47 bits per heavy atom. The lowest BCUT2D eigenvalue weighted by molar-refractivity contribution is -0.125. The number of hydrogen-bond donors (Lipinski definition) is 0. The van der Waals surface area contributed by atoms with E-state index in [1.54, 1.807) is 23.1 Å². The van der Waals surface area contributed by atoms with Crippen LogP contribution in [-0.4, -0.2) is 23.9 Å². The standard InChI is InChI=1S/C11H14BrNO2/c1-3-13(4-2)11(14)8-6-9-5-7-10(12)15-9/h5-8H,3-4H2,1-2H3. The Morgan fingerprint density at radius 2 is 2.13 bits per heavy atom. The van der Waals surface area contributed by atoms with Crippen molar-refractivity contribution in [3.63, 3.8) is 0 Å². The number of halogens is 1. The number of likely N-dealkylation sites (N-methyl/N-ethyl adjacent to an activating group) is 1. The van der Waals surface area contributed by atoms with E-state index in [4.69, 9.17) is 4.42 Å². The predicted octanol–water partition coefficient (Wildman–Crippen LogP) is 2.92. The van der Waals surface area contributed by atoms with Gasteiger partial charge in [0, 0.05) is 19.2 Å². The summed E-state index contributed by atoms with van der Waals surface area (Å²) >= 11 is 3.20. The first-order chi connectivity index (χ1) is 7.17. The molecule has 0 aliphatic rings. The molecule has 1 rings (SSSR count). The first-order valence-corrected chi connectivity index (χ1v) is 5.69. The number of carbonyl (C=O) groups is 1. The van der Waals surface area contributed by atoms with Gasteiger partial charge in [-0.25, -0.2) is 0 Å². The van der Waals surface area contributed by atoms with E-state index in [-0.39, 0.29) is 5.91 Å². The van der Waals surface area contributed by atoms with Gasteiger partial charge in [0.15, 0.2) is 4.67 Å². The van der Waals surface area contributed by atoms with Gasteiger partial charge in [0.2, 0.25) is 5.91 Å². The minimum atomic E-state index is 0.00697. The molecule has 0 unspecified atom stereocenters. The fraction of sp³-hybridized carbons (Fsp3) is 0.364. The van der Waals surface area contributed by atoms with Crippen LogP contribution in [0.15, 0.2) is 27.3 Å². The van der Waals surface area contributed by atoms with E-state index in [1.807, 2.05) is 13.8 Å². The molecule has 0 radical (unpaired) electrons. The molecule has 0 aliphatic carbocycles. The van der Waals surface area contributed by atoms with Crippen LogP contribution < -0.4 is 0 Å². The van der Waals surface area contributed by atoms with Crippen LogP contribution in [-0.2, 0) is 4.79 Å². The average molecular weight is 272 g/mol. The molecule has 1 aromatic heterocycles. The topological polar surface area (TPSA) is 33.5 Å². The highest BCUT2D eigenvalue weighted by molar-refractivity contribution is 9.10. The van der Waals surface area contributed by atoms with Gasteiger partial charge in [0.05, 0.1) is 0 Å². The largest absolute Gasteiger partial charge is 0.450 e. The number of amides is 1. The molecule has 0 bridgehead atoms. The summed E-state index contributed by atoms with van der Waals surface area (Å²) in [5.74, 6) is 0.676. The van der Waals surface area contributed by atoms with Crippen LogP contribution in [0.25, 0.3) is 6.08 Å². The Labute approximate surface area is 97.9 Å². The van der Waals surface area contributed by atoms with Crippen molar-refractivity contribution in [3.8, 4) is 0 Å². The molecule has 15 heavy (non-hydrogen) atoms. The minimum Gasteiger partial charge on any atom is -0.450 e. The lowest BCUT2D eigenvalue weighted by atomic mass is 10.3. The van der Waals surface area contributed by atoms with Gasteiger partial charge in [-0.1, -0.05) is 0 Å². The van der Waals surface area contributed by atoms with E-state index in [0.717, 1.165) is 13.1 Å². The fourth-order valence-corrected chi connectivity index (χ4v) is 1.53. The zero-order valence-electron chi connectivity index (χ0n) is 8.87. The van der Waals surface area contributed by atoms with Crippen LogP contribution in [0, 0.1) is 0 Å². The number of hydrogen-bond acceptors (Lipinski definition) is 2. The molecule has 1 amide bonds. The molecule has 1 heterocycles. The summed E-state index contributed by atoms with van der Waals surface area (Å²) in [7, 11) is 0. The number of rotatable bonds is 4. The summed E-state index contributed by atoms with van der Waals surface area (Å²) in [4.78, 5) is 13.3. The zero-order valence-corrected chi connectivity index (χ0v) is 10.5. The van der Waals surface area contributed by atoms with Crippen LogP contribution >= 0.6 is 15.9 Å². The van der Waals surface area contributed by atoms with Gasteiger partial charge in [-0.15, -0.1) is 0 Å². The van der Waals surface area contributed by atoms with Gasteiger partial charge in [-0.2, -0.15) is 0 Å². The monoisotopic (exact) mass is 271 g/mol. The molecule has 82 valence electrons. The Kier molecular flexibility index (Phi) is 4.62. The Morgan fingerprint density at radius 3 is 2.60 bits per heavy atom. The minimum absolute atomic E-state index is 0.00697. The highest BCUT2D eigenvalue weighted by Gasteiger charge is 2.04. The lowest BCUT2D eigenvalue weighted by Gasteiger charge is -2.15. The molecular weight excluding hydrogens is 258 g/mol. The van der Waals surface area contributed by atoms with Crippen LogP contribution in [0.5, 0.6) is 0 Å². The van der Waals surface area contributed by atoms with Gasteiger partial charge >= 0.3 is 0 Å². The smallest absolute Gasteiger partial charge is 0.246 e. The van der Waals surface area contributed by atoms with Crippen molar-refractivity contribution >= 4 is 27.9 Å². The van der Waals surface area contributed by atoms with Crippen molar-refractivity contribution < 1.29 is 9.21 Å². The van der Waals surface area contributed by atoms with E-state index >= 15 is 0 Å². The summed E-state index contributed by atoms with van der Waals surface area (Å²) in [5.41, 5.74) is 0. The lowest BCUT2D eigenvalue weighted by Crippen LogP contribution is -2.28. The maximum atomic E-state index is 11.6. The van der Waals surface area contributed by atoms with Gasteiger partial charge < -0.3 is 9.32 Å². The number of nitrogens with zero attached hydrogens (tertiary/aromatic N) is 1. The summed E-state index contributed by atoms with van der Waals surface area (Å²) in [6.45, 7) is 5.36. The van der Waals surface area contributed by atoms with Gasteiger partial charge in [0.1, 0.15) is 5.76 Å². The second-order valence-corrected chi connectivity index (χ2v) is 3.77. The third-order valence-corrected chi connectivity index (χ3v) is 2.49. The van der Waals surface area contributed by atoms with Crippen molar-refractivity contribution in [1.29, 1.82) is 0 Å². The maximum Gasteiger partial charge on any atom is 0.246 e. The van der Waals surface area contributed by atoms with Crippen LogP contribution in [0.2, 0.25) is 0 Å². The first kappa shape index (κ1) is 12.0. The molecule has 0 aromatic carbocycles. The average Bonchev–Trinajstić information content (AvgIpc) is 2.63. The van der Waals surface area contributed by atoms with Crippen molar-refractivity contribution in [2.24, 2.45) is 0 Å². The second kappa shape index (κ2) is 5.75. The Balaban J connectivity index is 2.61. The van der Waals surface area contributed by atoms with Crippen molar-refractivity contribution in [3.05, 3.63) is 28.6 Å². The second-order valence-electron chi connectivity index (χ2n) is 2.99. The molecule has 0 aliphatic heterocycles. The van der Waals surface area contributed by atoms with E-state index in [1.165, 1.54) is 6.08 Å². The van der Waals surface area contributed by atoms with E-state index in [2.05, 4.69) is 15.9 Å². The van der Waals surface area contributed by atoms with E-state index in [0.29, 0.717) is 10.4 Å². The van der Waals surface area contributed by atoms with Crippen LogP contribution in [0.3, 0.4) is 0 Å². The molecule has 0 N–H and O–H groups in total. The van der Waals surface area contributed by atoms with Crippen LogP contribution in [0.4, 0.5) is 0 Å². The zero-order chi connectivity index (χ0) is 11.3.